The zero-order valence-electron chi connectivity index (χ0n) is 10.3. The number of nitrogens with zero attached hydrogens (tertiary/aromatic N) is 2. The Kier molecular flexibility index (Phi) is 3.33. The molecule has 7 heteroatoms. The molecule has 2 aromatic rings. The fourth-order valence-electron chi connectivity index (χ4n) is 1.76. The van der Waals surface area contributed by atoms with Crippen LogP contribution < -0.4 is 5.32 Å². The Balaban J connectivity index is 2.13. The van der Waals surface area contributed by atoms with Crippen molar-refractivity contribution in [3.63, 3.8) is 0 Å². The molecule has 2 rings (SSSR count). The smallest absolute Gasteiger partial charge is 0.345 e. The van der Waals surface area contributed by atoms with Crippen LogP contribution in [0.4, 0.5) is 10.1 Å². The van der Waals surface area contributed by atoms with Crippen molar-refractivity contribution >= 4 is 21.5 Å². The molecule has 0 amide bonds. The number of hydrogen-bond acceptors (Lipinski definition) is 6. The minimum absolute atomic E-state index is 0.00629. The Morgan fingerprint density at radius 3 is 2.78 bits per heavy atom. The van der Waals surface area contributed by atoms with E-state index < -0.39 is 4.92 Å². The van der Waals surface area contributed by atoms with Crippen LogP contribution in [0.25, 0.3) is 0 Å². The van der Waals surface area contributed by atoms with Crippen molar-refractivity contribution in [1.82, 2.24) is 4.98 Å². The summed E-state index contributed by atoms with van der Waals surface area (Å²) in [6.07, 6.45) is 1.26. The SMILES string of the molecule is Cc1cc([C@H](C)Nc2ncc([N+](=O)[O-])s2)c(C)o1. The van der Waals surface area contributed by atoms with Crippen LogP contribution in [0.15, 0.2) is 16.7 Å². The van der Waals surface area contributed by atoms with Gasteiger partial charge in [0.25, 0.3) is 0 Å². The highest BCUT2D eigenvalue weighted by Crippen LogP contribution is 2.29. The van der Waals surface area contributed by atoms with Gasteiger partial charge in [0.05, 0.1) is 11.0 Å². The third kappa shape index (κ3) is 2.51. The molecule has 0 saturated carbocycles. The summed E-state index contributed by atoms with van der Waals surface area (Å²) in [6.45, 7) is 5.74. The third-order valence-corrected chi connectivity index (χ3v) is 3.44. The largest absolute Gasteiger partial charge is 0.466 e. The molecule has 0 radical (unpaired) electrons. The highest BCUT2D eigenvalue weighted by atomic mass is 32.1. The topological polar surface area (TPSA) is 81.2 Å². The highest BCUT2D eigenvalue weighted by Gasteiger charge is 2.16. The predicted octanol–water partition coefficient (Wildman–Crippen LogP) is 3.43. The molecule has 18 heavy (non-hydrogen) atoms. The first-order chi connectivity index (χ1) is 8.47. The van der Waals surface area contributed by atoms with E-state index in [0.29, 0.717) is 5.13 Å². The second kappa shape index (κ2) is 4.77. The number of rotatable bonds is 4. The van der Waals surface area contributed by atoms with Gasteiger partial charge in [-0.15, -0.1) is 0 Å². The molecular formula is C11H13N3O3S. The van der Waals surface area contributed by atoms with E-state index >= 15 is 0 Å². The van der Waals surface area contributed by atoms with Crippen LogP contribution in [-0.4, -0.2) is 9.91 Å². The van der Waals surface area contributed by atoms with E-state index in [9.17, 15) is 10.1 Å². The molecule has 1 atom stereocenters. The maximum atomic E-state index is 10.6. The van der Waals surface area contributed by atoms with Crippen molar-refractivity contribution in [2.75, 3.05) is 5.32 Å². The second-order valence-electron chi connectivity index (χ2n) is 4.00. The maximum absolute atomic E-state index is 10.6. The summed E-state index contributed by atoms with van der Waals surface area (Å²) in [5.74, 6) is 1.69. The van der Waals surface area contributed by atoms with Gasteiger partial charge in [-0.1, -0.05) is 0 Å². The Labute approximate surface area is 108 Å². The molecule has 0 fully saturated rings. The monoisotopic (exact) mass is 267 g/mol. The van der Waals surface area contributed by atoms with Crippen molar-refractivity contribution in [3.8, 4) is 0 Å². The Bertz CT molecular complexity index is 576. The zero-order chi connectivity index (χ0) is 13.3. The number of anilines is 1. The molecular weight excluding hydrogens is 254 g/mol. The summed E-state index contributed by atoms with van der Waals surface area (Å²) in [4.78, 5) is 14.1. The first-order valence-corrected chi connectivity index (χ1v) is 6.22. The first-order valence-electron chi connectivity index (χ1n) is 5.41. The molecule has 0 saturated heterocycles. The van der Waals surface area contributed by atoms with E-state index in [0.717, 1.165) is 28.4 Å². The van der Waals surface area contributed by atoms with Crippen molar-refractivity contribution in [2.45, 2.75) is 26.8 Å². The van der Waals surface area contributed by atoms with Gasteiger partial charge in [-0.25, -0.2) is 4.98 Å². The van der Waals surface area contributed by atoms with E-state index in [2.05, 4.69) is 10.3 Å². The van der Waals surface area contributed by atoms with Gasteiger partial charge in [0, 0.05) is 5.56 Å². The van der Waals surface area contributed by atoms with Gasteiger partial charge in [-0.05, 0) is 38.2 Å². The first kappa shape index (κ1) is 12.6. The van der Waals surface area contributed by atoms with Gasteiger partial charge in [-0.2, -0.15) is 0 Å². The highest BCUT2D eigenvalue weighted by molar-refractivity contribution is 7.18. The van der Waals surface area contributed by atoms with Gasteiger partial charge >= 0.3 is 5.00 Å². The van der Waals surface area contributed by atoms with Crippen molar-refractivity contribution < 1.29 is 9.34 Å². The lowest BCUT2D eigenvalue weighted by Crippen LogP contribution is -2.06. The van der Waals surface area contributed by atoms with Gasteiger partial charge in [0.15, 0.2) is 5.13 Å². The van der Waals surface area contributed by atoms with E-state index in [1.54, 1.807) is 0 Å². The second-order valence-corrected chi connectivity index (χ2v) is 5.00. The fraction of sp³-hybridized carbons (Fsp3) is 0.364. The molecule has 6 nitrogen and oxygen atoms in total. The molecule has 0 unspecified atom stereocenters. The van der Waals surface area contributed by atoms with Crippen LogP contribution in [0.1, 0.15) is 30.0 Å². The third-order valence-electron chi connectivity index (χ3n) is 2.56. The minimum Gasteiger partial charge on any atom is -0.466 e. The number of nitrogens with one attached hydrogen (secondary N) is 1. The van der Waals surface area contributed by atoms with Gasteiger partial charge in [0.2, 0.25) is 0 Å². The summed E-state index contributed by atoms with van der Waals surface area (Å²) in [6, 6.07) is 1.95. The summed E-state index contributed by atoms with van der Waals surface area (Å²) in [5, 5.41) is 14.3. The van der Waals surface area contributed by atoms with E-state index in [1.807, 2.05) is 26.8 Å². The number of aromatic nitrogens is 1. The molecule has 0 bridgehead atoms. The number of nitro groups is 1. The molecule has 1 N–H and O–H groups in total. The van der Waals surface area contributed by atoms with Crippen molar-refractivity contribution in [2.24, 2.45) is 0 Å². The van der Waals surface area contributed by atoms with Crippen LogP contribution >= 0.6 is 11.3 Å². The Morgan fingerprint density at radius 2 is 2.28 bits per heavy atom. The predicted molar refractivity (Wildman–Crippen MR) is 69.0 cm³/mol. The summed E-state index contributed by atoms with van der Waals surface area (Å²) in [7, 11) is 0. The van der Waals surface area contributed by atoms with Crippen molar-refractivity contribution in [1.29, 1.82) is 0 Å². The number of aryl methyl sites for hydroxylation is 2. The number of hydrogen-bond donors (Lipinski definition) is 1. The van der Waals surface area contributed by atoms with Crippen LogP contribution in [-0.2, 0) is 0 Å². The Morgan fingerprint density at radius 1 is 1.56 bits per heavy atom. The van der Waals surface area contributed by atoms with E-state index in [-0.39, 0.29) is 11.0 Å². The molecule has 0 spiro atoms. The van der Waals surface area contributed by atoms with Crippen LogP contribution in [0.5, 0.6) is 0 Å². The molecule has 96 valence electrons. The maximum Gasteiger partial charge on any atom is 0.345 e. The normalized spacial score (nSPS) is 12.4. The fourth-order valence-corrected chi connectivity index (χ4v) is 2.48. The summed E-state index contributed by atoms with van der Waals surface area (Å²) < 4.78 is 5.45. The molecule has 2 heterocycles. The van der Waals surface area contributed by atoms with Crippen molar-refractivity contribution in [3.05, 3.63) is 39.5 Å². The van der Waals surface area contributed by atoms with Crippen LogP contribution in [0.3, 0.4) is 0 Å². The lowest BCUT2D eigenvalue weighted by molar-refractivity contribution is -0.380. The molecule has 0 aliphatic heterocycles. The average molecular weight is 267 g/mol. The standard InChI is InChI=1S/C11H13N3O3S/c1-6-4-9(8(3)17-6)7(2)13-11-12-5-10(18-11)14(15)16/h4-5,7H,1-3H3,(H,12,13)/t7-/m0/s1. The van der Waals surface area contributed by atoms with E-state index in [1.165, 1.54) is 6.20 Å². The quantitative estimate of drug-likeness (QED) is 0.678. The lowest BCUT2D eigenvalue weighted by Gasteiger charge is -2.11. The van der Waals surface area contributed by atoms with Gasteiger partial charge in [0.1, 0.15) is 17.7 Å². The summed E-state index contributed by atoms with van der Waals surface area (Å²) >= 11 is 1.02. The van der Waals surface area contributed by atoms with Gasteiger partial charge in [-0.3, -0.25) is 10.1 Å². The minimum atomic E-state index is -0.444. The molecule has 0 aliphatic carbocycles. The zero-order valence-corrected chi connectivity index (χ0v) is 11.1. The van der Waals surface area contributed by atoms with E-state index in [4.69, 9.17) is 4.42 Å². The molecule has 2 aromatic heterocycles. The molecule has 0 aromatic carbocycles. The Hall–Kier alpha value is -1.89. The lowest BCUT2D eigenvalue weighted by atomic mass is 10.1. The average Bonchev–Trinajstić information content (AvgIpc) is 2.85. The van der Waals surface area contributed by atoms with Gasteiger partial charge < -0.3 is 9.73 Å². The molecule has 0 aliphatic rings. The van der Waals surface area contributed by atoms with Crippen LogP contribution in [0, 0.1) is 24.0 Å². The van der Waals surface area contributed by atoms with Crippen LogP contribution in [0.2, 0.25) is 0 Å². The number of thiazole rings is 1. The summed E-state index contributed by atoms with van der Waals surface area (Å²) in [5.41, 5.74) is 1.03. The number of furan rings is 1.